The molecule has 0 unspecified atom stereocenters. The Balaban J connectivity index is 1.96. The average Bonchev–Trinajstić information content (AvgIpc) is 2.79. The zero-order valence-corrected chi connectivity index (χ0v) is 18.6. The molecule has 5 heteroatoms. The highest BCUT2D eigenvalue weighted by Crippen LogP contribution is 2.50. The summed E-state index contributed by atoms with van der Waals surface area (Å²) in [4.78, 5) is 15.1. The first-order valence-corrected chi connectivity index (χ1v) is 11.8. The smallest absolute Gasteiger partial charge is 0.163 e. The number of fused-ring (bicyclic) bond motifs is 1. The van der Waals surface area contributed by atoms with Crippen LogP contribution >= 0.6 is 0 Å². The Morgan fingerprint density at radius 2 is 1.72 bits per heavy atom. The van der Waals surface area contributed by atoms with Crippen LogP contribution in [0.1, 0.15) is 50.0 Å². The van der Waals surface area contributed by atoms with Crippen molar-refractivity contribution in [3.05, 3.63) is 71.9 Å². The summed E-state index contributed by atoms with van der Waals surface area (Å²) in [5.74, 6) is -0.0538. The van der Waals surface area contributed by atoms with Gasteiger partial charge < -0.3 is 4.90 Å². The molecule has 0 aliphatic carbocycles. The van der Waals surface area contributed by atoms with Crippen LogP contribution in [0, 0.1) is 5.41 Å². The zero-order chi connectivity index (χ0) is 21.6. The van der Waals surface area contributed by atoms with Crippen molar-refractivity contribution >= 4 is 27.0 Å². The molecule has 0 bridgehead atoms. The molecule has 0 atom stereocenters. The van der Waals surface area contributed by atoms with Gasteiger partial charge in [-0.25, -0.2) is 8.42 Å². The summed E-state index contributed by atoms with van der Waals surface area (Å²) >= 11 is 0. The summed E-state index contributed by atoms with van der Waals surface area (Å²) in [6.07, 6.45) is 1.39. The van der Waals surface area contributed by atoms with Gasteiger partial charge in [-0.2, -0.15) is 0 Å². The highest BCUT2D eigenvalue weighted by molar-refractivity contribution is 7.90. The van der Waals surface area contributed by atoms with E-state index in [9.17, 15) is 13.2 Å². The number of anilines is 2. The molecule has 1 heterocycles. The number of sulfone groups is 1. The van der Waals surface area contributed by atoms with Crippen molar-refractivity contribution in [1.29, 1.82) is 0 Å². The molecule has 0 aromatic heterocycles. The molecule has 3 rings (SSSR count). The molecule has 1 aliphatic heterocycles. The topological polar surface area (TPSA) is 54.5 Å². The molecular weight excluding hydrogens is 382 g/mol. The van der Waals surface area contributed by atoms with Gasteiger partial charge in [0.15, 0.2) is 5.78 Å². The first-order chi connectivity index (χ1) is 13.3. The minimum atomic E-state index is -3.15. The van der Waals surface area contributed by atoms with Crippen molar-refractivity contribution in [2.24, 2.45) is 5.41 Å². The minimum absolute atomic E-state index is 0.0131. The Hall–Kier alpha value is -2.40. The standard InChI is InChI=1S/C24H29NO3S/c1-17-24(4,5)20-14-18(22(26)15-23(2,3)16-29(6,27)28)12-13-21(20)25(17)19-10-8-7-9-11-19/h7-14H,1,15-16H2,2-6H3. The molecule has 4 nitrogen and oxygen atoms in total. The number of Topliss-reactive ketones (excluding diaryl/α,β-unsaturated/α-hetero) is 1. The SMILES string of the molecule is C=C1N(c2ccccc2)c2ccc(C(=O)CC(C)(C)CS(C)(=O)=O)cc2C1(C)C. The number of carbonyl (C=O) groups is 1. The highest BCUT2D eigenvalue weighted by Gasteiger charge is 2.40. The van der Waals surface area contributed by atoms with Crippen LogP contribution in [-0.2, 0) is 15.3 Å². The van der Waals surface area contributed by atoms with Crippen LogP contribution in [0.25, 0.3) is 0 Å². The average molecular weight is 412 g/mol. The number of hydrogen-bond acceptors (Lipinski definition) is 4. The third-order valence-electron chi connectivity index (χ3n) is 5.53. The van der Waals surface area contributed by atoms with Crippen LogP contribution in [0.3, 0.4) is 0 Å². The van der Waals surface area contributed by atoms with Gasteiger partial charge in [0.1, 0.15) is 9.84 Å². The van der Waals surface area contributed by atoms with Gasteiger partial charge >= 0.3 is 0 Å². The Morgan fingerprint density at radius 3 is 2.31 bits per heavy atom. The van der Waals surface area contributed by atoms with E-state index >= 15 is 0 Å². The Bertz CT molecular complexity index is 1070. The number of para-hydroxylation sites is 1. The van der Waals surface area contributed by atoms with E-state index in [4.69, 9.17) is 0 Å². The second-order valence-electron chi connectivity index (χ2n) is 9.31. The summed E-state index contributed by atoms with van der Waals surface area (Å²) in [6.45, 7) is 12.2. The van der Waals surface area contributed by atoms with E-state index in [1.807, 2.05) is 62.4 Å². The van der Waals surface area contributed by atoms with Gasteiger partial charge in [-0.05, 0) is 41.3 Å². The van der Waals surface area contributed by atoms with Gasteiger partial charge in [0.2, 0.25) is 0 Å². The molecular formula is C24H29NO3S. The van der Waals surface area contributed by atoms with Crippen LogP contribution in [0.5, 0.6) is 0 Å². The third-order valence-corrected chi connectivity index (χ3v) is 6.84. The molecule has 29 heavy (non-hydrogen) atoms. The van der Waals surface area contributed by atoms with E-state index < -0.39 is 15.3 Å². The maximum atomic E-state index is 13.0. The second kappa shape index (κ2) is 7.13. The van der Waals surface area contributed by atoms with Gasteiger partial charge in [-0.3, -0.25) is 4.79 Å². The lowest BCUT2D eigenvalue weighted by molar-refractivity contribution is 0.0941. The van der Waals surface area contributed by atoms with Crippen molar-refractivity contribution in [2.45, 2.75) is 39.5 Å². The lowest BCUT2D eigenvalue weighted by Crippen LogP contribution is -2.26. The van der Waals surface area contributed by atoms with E-state index in [-0.39, 0.29) is 23.4 Å². The lowest BCUT2D eigenvalue weighted by Gasteiger charge is -2.25. The summed E-state index contributed by atoms with van der Waals surface area (Å²) in [5.41, 5.74) is 3.76. The number of rotatable bonds is 6. The highest BCUT2D eigenvalue weighted by atomic mass is 32.2. The van der Waals surface area contributed by atoms with Crippen molar-refractivity contribution < 1.29 is 13.2 Å². The molecule has 0 saturated heterocycles. The quantitative estimate of drug-likeness (QED) is 0.608. The van der Waals surface area contributed by atoms with Crippen molar-refractivity contribution in [2.75, 3.05) is 16.9 Å². The predicted molar refractivity (Wildman–Crippen MR) is 120 cm³/mol. The summed E-state index contributed by atoms with van der Waals surface area (Å²) in [7, 11) is -3.15. The Kier molecular flexibility index (Phi) is 5.24. The van der Waals surface area contributed by atoms with E-state index in [2.05, 4.69) is 25.3 Å². The number of allylic oxidation sites excluding steroid dienone is 1. The molecule has 1 aliphatic rings. The summed E-state index contributed by atoms with van der Waals surface area (Å²) in [5, 5.41) is 0. The van der Waals surface area contributed by atoms with Crippen LogP contribution in [0.4, 0.5) is 11.4 Å². The molecule has 0 amide bonds. The molecule has 0 saturated carbocycles. The summed E-state index contributed by atoms with van der Waals surface area (Å²) < 4.78 is 23.4. The van der Waals surface area contributed by atoms with Gasteiger partial charge in [0, 0.05) is 40.7 Å². The van der Waals surface area contributed by atoms with Crippen LogP contribution in [0.15, 0.2) is 60.8 Å². The Morgan fingerprint density at radius 1 is 1.10 bits per heavy atom. The molecule has 0 radical (unpaired) electrons. The number of carbonyl (C=O) groups excluding carboxylic acids is 1. The van der Waals surface area contributed by atoms with Gasteiger partial charge in [-0.15, -0.1) is 0 Å². The number of benzene rings is 2. The minimum Gasteiger partial charge on any atom is -0.314 e. The molecule has 154 valence electrons. The maximum Gasteiger partial charge on any atom is 0.163 e. The number of ketones is 1. The van der Waals surface area contributed by atoms with E-state index in [1.54, 1.807) is 0 Å². The maximum absolute atomic E-state index is 13.0. The van der Waals surface area contributed by atoms with E-state index in [0.29, 0.717) is 5.56 Å². The second-order valence-corrected chi connectivity index (χ2v) is 11.4. The molecule has 0 spiro atoms. The fourth-order valence-corrected chi connectivity index (χ4v) is 5.68. The van der Waals surface area contributed by atoms with Crippen LogP contribution in [-0.4, -0.2) is 26.2 Å². The van der Waals surface area contributed by atoms with E-state index in [1.165, 1.54) is 6.26 Å². The number of nitrogens with zero attached hydrogens (tertiary/aromatic N) is 1. The van der Waals surface area contributed by atoms with Gasteiger partial charge in [0.25, 0.3) is 0 Å². The molecule has 2 aromatic carbocycles. The van der Waals surface area contributed by atoms with Gasteiger partial charge in [-0.1, -0.05) is 52.5 Å². The molecule has 0 N–H and O–H groups in total. The van der Waals surface area contributed by atoms with Crippen molar-refractivity contribution in [1.82, 2.24) is 0 Å². The monoisotopic (exact) mass is 411 g/mol. The van der Waals surface area contributed by atoms with Crippen LogP contribution < -0.4 is 4.90 Å². The lowest BCUT2D eigenvalue weighted by atomic mass is 9.82. The van der Waals surface area contributed by atoms with E-state index in [0.717, 1.165) is 22.6 Å². The fraction of sp³-hybridized carbons (Fsp3) is 0.375. The predicted octanol–water partition coefficient (Wildman–Crippen LogP) is 5.27. The summed E-state index contributed by atoms with van der Waals surface area (Å²) in [6, 6.07) is 15.8. The first kappa shape index (κ1) is 21.3. The first-order valence-electron chi connectivity index (χ1n) is 9.72. The number of hydrogen-bond donors (Lipinski definition) is 0. The molecule has 2 aromatic rings. The Labute approximate surface area is 174 Å². The molecule has 0 fully saturated rings. The normalized spacial score (nSPS) is 16.0. The largest absolute Gasteiger partial charge is 0.314 e. The van der Waals surface area contributed by atoms with Crippen LogP contribution in [0.2, 0.25) is 0 Å². The zero-order valence-electron chi connectivity index (χ0n) is 17.8. The van der Waals surface area contributed by atoms with Crippen molar-refractivity contribution in [3.63, 3.8) is 0 Å². The third kappa shape index (κ3) is 4.30. The fourth-order valence-electron chi connectivity index (χ4n) is 4.15. The van der Waals surface area contributed by atoms with Gasteiger partial charge in [0.05, 0.1) is 5.75 Å². The van der Waals surface area contributed by atoms with Crippen molar-refractivity contribution in [3.8, 4) is 0 Å².